The summed E-state index contributed by atoms with van der Waals surface area (Å²) in [6.45, 7) is 3.38. The Morgan fingerprint density at radius 3 is 2.40 bits per heavy atom. The Balaban J connectivity index is 1.58. The molecule has 154 valence electrons. The monoisotopic (exact) mass is 403 g/mol. The minimum absolute atomic E-state index is 0.0108. The number of phenolic OH excluding ortho intramolecular Hbond substituents is 1. The predicted molar refractivity (Wildman–Crippen MR) is 115 cm³/mol. The first-order chi connectivity index (χ1) is 14.5. The van der Waals surface area contributed by atoms with E-state index in [1.807, 2.05) is 54.3 Å². The number of nitrogens with zero attached hydrogens (tertiary/aromatic N) is 3. The number of aromatic nitrogens is 2. The molecular formula is C24H25N3O3. The average molecular weight is 403 g/mol. The molecule has 1 aliphatic heterocycles. The first-order valence-corrected chi connectivity index (χ1v) is 10.2. The number of piperidine rings is 1. The van der Waals surface area contributed by atoms with Crippen molar-refractivity contribution in [3.05, 3.63) is 66.0 Å². The van der Waals surface area contributed by atoms with Gasteiger partial charge in [0, 0.05) is 36.4 Å². The van der Waals surface area contributed by atoms with E-state index in [1.165, 1.54) is 6.33 Å². The summed E-state index contributed by atoms with van der Waals surface area (Å²) in [7, 11) is 0. The van der Waals surface area contributed by atoms with E-state index in [-0.39, 0.29) is 18.3 Å². The molecule has 6 heteroatoms. The molecule has 3 aromatic rings. The molecule has 1 fully saturated rings. The number of amides is 1. The van der Waals surface area contributed by atoms with E-state index < -0.39 is 0 Å². The number of rotatable bonds is 4. The third-order valence-corrected chi connectivity index (χ3v) is 5.72. The Hall–Kier alpha value is -3.25. The second-order valence-electron chi connectivity index (χ2n) is 7.79. The Morgan fingerprint density at radius 2 is 1.73 bits per heavy atom. The molecule has 0 radical (unpaired) electrons. The number of hydrogen-bond donors (Lipinski definition) is 2. The zero-order valence-corrected chi connectivity index (χ0v) is 17.0. The maximum absolute atomic E-state index is 12.9. The van der Waals surface area contributed by atoms with Crippen LogP contribution in [-0.2, 0) is 0 Å². The van der Waals surface area contributed by atoms with Gasteiger partial charge < -0.3 is 15.1 Å². The van der Waals surface area contributed by atoms with Gasteiger partial charge in [0.25, 0.3) is 5.91 Å². The number of aryl methyl sites for hydroxylation is 1. The molecule has 4 rings (SSSR count). The number of aromatic hydroxyl groups is 1. The van der Waals surface area contributed by atoms with E-state index in [4.69, 9.17) is 0 Å². The maximum atomic E-state index is 12.9. The number of hydrogen-bond acceptors (Lipinski definition) is 5. The van der Waals surface area contributed by atoms with Crippen molar-refractivity contribution in [1.29, 1.82) is 0 Å². The highest BCUT2D eigenvalue weighted by molar-refractivity contribution is 5.95. The normalized spacial score (nSPS) is 14.7. The Kier molecular flexibility index (Phi) is 5.77. The van der Waals surface area contributed by atoms with E-state index in [0.717, 1.165) is 40.9 Å². The Bertz CT molecular complexity index is 1060. The van der Waals surface area contributed by atoms with E-state index in [2.05, 4.69) is 9.97 Å². The van der Waals surface area contributed by atoms with Crippen LogP contribution in [0.15, 0.2) is 54.9 Å². The molecule has 1 amide bonds. The van der Waals surface area contributed by atoms with Crippen LogP contribution in [0.5, 0.6) is 5.75 Å². The van der Waals surface area contributed by atoms with Crippen LogP contribution < -0.4 is 0 Å². The van der Waals surface area contributed by atoms with Crippen LogP contribution in [-0.4, -0.2) is 50.7 Å². The zero-order valence-electron chi connectivity index (χ0n) is 17.0. The summed E-state index contributed by atoms with van der Waals surface area (Å²) in [5, 5.41) is 19.1. The summed E-state index contributed by atoms with van der Waals surface area (Å²) in [4.78, 5) is 23.6. The fraction of sp³-hybridized carbons (Fsp3) is 0.292. The molecule has 30 heavy (non-hydrogen) atoms. The van der Waals surface area contributed by atoms with Crippen LogP contribution in [0.2, 0.25) is 0 Å². The van der Waals surface area contributed by atoms with Crippen molar-refractivity contribution >= 4 is 5.91 Å². The standard InChI is InChI=1S/C24H25N3O3/c1-16-11-19(5-6-23(16)29)22-13-21(25-15-26-22)18-3-2-4-20(12-18)24(30)27-9-7-17(14-28)8-10-27/h2-6,11-13,15,17,28-29H,7-10,14H2,1H3. The highest BCUT2D eigenvalue weighted by atomic mass is 16.3. The Morgan fingerprint density at radius 1 is 1.03 bits per heavy atom. The fourth-order valence-electron chi connectivity index (χ4n) is 3.80. The molecule has 1 aromatic heterocycles. The van der Waals surface area contributed by atoms with Crippen molar-refractivity contribution in [1.82, 2.24) is 14.9 Å². The summed E-state index contributed by atoms with van der Waals surface area (Å²) in [6, 6.07) is 14.8. The van der Waals surface area contributed by atoms with Crippen molar-refractivity contribution in [3.8, 4) is 28.3 Å². The summed E-state index contributed by atoms with van der Waals surface area (Å²) in [5.41, 5.74) is 4.66. The van der Waals surface area contributed by atoms with E-state index in [0.29, 0.717) is 24.6 Å². The molecule has 0 atom stereocenters. The largest absolute Gasteiger partial charge is 0.508 e. The van der Waals surface area contributed by atoms with Gasteiger partial charge in [0.15, 0.2) is 0 Å². The van der Waals surface area contributed by atoms with Crippen molar-refractivity contribution in [2.24, 2.45) is 5.92 Å². The first kappa shape index (κ1) is 20.0. The molecule has 2 N–H and O–H groups in total. The molecule has 0 bridgehead atoms. The highest BCUT2D eigenvalue weighted by Gasteiger charge is 2.23. The average Bonchev–Trinajstić information content (AvgIpc) is 2.80. The van der Waals surface area contributed by atoms with Gasteiger partial charge in [-0.2, -0.15) is 0 Å². The lowest BCUT2D eigenvalue weighted by atomic mass is 9.97. The van der Waals surface area contributed by atoms with Gasteiger partial charge in [0.05, 0.1) is 11.4 Å². The van der Waals surface area contributed by atoms with Gasteiger partial charge >= 0.3 is 0 Å². The maximum Gasteiger partial charge on any atom is 0.253 e. The second kappa shape index (κ2) is 8.63. The zero-order chi connectivity index (χ0) is 21.1. The quantitative estimate of drug-likeness (QED) is 0.694. The van der Waals surface area contributed by atoms with Crippen LogP contribution in [0.1, 0.15) is 28.8 Å². The van der Waals surface area contributed by atoms with Gasteiger partial charge in [-0.1, -0.05) is 12.1 Å². The van der Waals surface area contributed by atoms with Crippen LogP contribution in [0.3, 0.4) is 0 Å². The van der Waals surface area contributed by atoms with E-state index in [9.17, 15) is 15.0 Å². The molecule has 0 aliphatic carbocycles. The fourth-order valence-corrected chi connectivity index (χ4v) is 3.80. The van der Waals surface area contributed by atoms with Gasteiger partial charge in [-0.15, -0.1) is 0 Å². The van der Waals surface area contributed by atoms with E-state index >= 15 is 0 Å². The number of aliphatic hydroxyl groups is 1. The minimum atomic E-state index is 0.0108. The number of phenols is 1. The van der Waals surface area contributed by atoms with Crippen molar-refractivity contribution in [2.75, 3.05) is 19.7 Å². The molecular weight excluding hydrogens is 378 g/mol. The number of carbonyl (C=O) groups is 1. The summed E-state index contributed by atoms with van der Waals surface area (Å²) in [6.07, 6.45) is 3.19. The lowest BCUT2D eigenvalue weighted by Gasteiger charge is -2.31. The summed E-state index contributed by atoms with van der Waals surface area (Å²) >= 11 is 0. The van der Waals surface area contributed by atoms with Crippen LogP contribution in [0.4, 0.5) is 0 Å². The van der Waals surface area contributed by atoms with Crippen LogP contribution in [0.25, 0.3) is 22.5 Å². The number of likely N-dealkylation sites (tertiary alicyclic amines) is 1. The number of benzene rings is 2. The van der Waals surface area contributed by atoms with Gasteiger partial charge in [-0.05, 0) is 67.6 Å². The molecule has 6 nitrogen and oxygen atoms in total. The van der Waals surface area contributed by atoms with Crippen molar-refractivity contribution in [2.45, 2.75) is 19.8 Å². The third kappa shape index (κ3) is 4.19. The van der Waals surface area contributed by atoms with Crippen LogP contribution in [0, 0.1) is 12.8 Å². The van der Waals surface area contributed by atoms with Gasteiger partial charge in [-0.25, -0.2) is 9.97 Å². The van der Waals surface area contributed by atoms with Crippen LogP contribution >= 0.6 is 0 Å². The predicted octanol–water partition coefficient (Wildman–Crippen LogP) is 3.67. The molecule has 0 saturated carbocycles. The SMILES string of the molecule is Cc1cc(-c2cc(-c3cccc(C(=O)N4CCC(CO)CC4)c3)ncn2)ccc1O. The van der Waals surface area contributed by atoms with Gasteiger partial charge in [0.2, 0.25) is 0 Å². The molecule has 2 heterocycles. The molecule has 1 aliphatic rings. The van der Waals surface area contributed by atoms with Crippen molar-refractivity contribution in [3.63, 3.8) is 0 Å². The van der Waals surface area contributed by atoms with Gasteiger partial charge in [0.1, 0.15) is 12.1 Å². The smallest absolute Gasteiger partial charge is 0.253 e. The second-order valence-corrected chi connectivity index (χ2v) is 7.79. The number of aliphatic hydroxyl groups excluding tert-OH is 1. The lowest BCUT2D eigenvalue weighted by molar-refractivity contribution is 0.0651. The topological polar surface area (TPSA) is 86.6 Å². The van der Waals surface area contributed by atoms with Crippen molar-refractivity contribution < 1.29 is 15.0 Å². The summed E-state index contributed by atoms with van der Waals surface area (Å²) in [5.74, 6) is 0.558. The molecule has 0 spiro atoms. The third-order valence-electron chi connectivity index (χ3n) is 5.72. The lowest BCUT2D eigenvalue weighted by Crippen LogP contribution is -2.39. The first-order valence-electron chi connectivity index (χ1n) is 10.2. The summed E-state index contributed by atoms with van der Waals surface area (Å²) < 4.78 is 0. The minimum Gasteiger partial charge on any atom is -0.508 e. The molecule has 0 unspecified atom stereocenters. The molecule has 1 saturated heterocycles. The Labute approximate surface area is 175 Å². The molecule has 2 aromatic carbocycles. The van der Waals surface area contributed by atoms with E-state index in [1.54, 1.807) is 6.07 Å². The highest BCUT2D eigenvalue weighted by Crippen LogP contribution is 2.27. The van der Waals surface area contributed by atoms with Gasteiger partial charge in [-0.3, -0.25) is 4.79 Å². The number of carbonyl (C=O) groups excluding carboxylic acids is 1.